The third-order valence-corrected chi connectivity index (χ3v) is 5.23. The maximum absolute atomic E-state index is 10.6. The highest BCUT2D eigenvalue weighted by Gasteiger charge is 2.18. The monoisotopic (exact) mass is 378 g/mol. The van der Waals surface area contributed by atoms with Gasteiger partial charge in [0.25, 0.3) is 0 Å². The van der Waals surface area contributed by atoms with E-state index in [1.807, 2.05) is 36.4 Å². The fourth-order valence-corrected chi connectivity index (χ4v) is 3.94. The lowest BCUT2D eigenvalue weighted by Gasteiger charge is -2.28. The Kier molecular flexibility index (Phi) is 4.89. The number of hydrogen-bond donors (Lipinski definition) is 1. The van der Waals surface area contributed by atoms with E-state index in [2.05, 4.69) is 9.47 Å². The van der Waals surface area contributed by atoms with Crippen LogP contribution in [0.5, 0.6) is 0 Å². The fraction of sp³-hybridized carbons (Fsp3) is 0.368. The number of aliphatic hydroxyl groups is 1. The molecule has 2 heterocycles. The van der Waals surface area contributed by atoms with E-state index >= 15 is 0 Å². The second-order valence-electron chi connectivity index (χ2n) is 6.50. The summed E-state index contributed by atoms with van der Waals surface area (Å²) in [6.07, 6.45) is -0.455. The molecule has 132 valence electrons. The molecule has 25 heavy (non-hydrogen) atoms. The zero-order chi connectivity index (χ0) is 17.4. The van der Waals surface area contributed by atoms with Gasteiger partial charge in [-0.05, 0) is 36.4 Å². The van der Waals surface area contributed by atoms with Crippen LogP contribution in [0, 0.1) is 0 Å². The minimum absolute atomic E-state index is 0.455. The molecule has 1 aromatic heterocycles. The Balaban J connectivity index is 1.69. The highest BCUT2D eigenvalue weighted by molar-refractivity contribution is 6.33. The average molecular weight is 379 g/mol. The second-order valence-corrected chi connectivity index (χ2v) is 7.37. The van der Waals surface area contributed by atoms with Gasteiger partial charge in [0.2, 0.25) is 0 Å². The van der Waals surface area contributed by atoms with Gasteiger partial charge in [-0.2, -0.15) is 0 Å². The van der Waals surface area contributed by atoms with Gasteiger partial charge in [-0.3, -0.25) is 4.90 Å². The molecular formula is C19H20Cl2N2O2. The number of benzene rings is 2. The Hall–Kier alpha value is -1.30. The van der Waals surface area contributed by atoms with Crippen molar-refractivity contribution in [3.8, 4) is 0 Å². The summed E-state index contributed by atoms with van der Waals surface area (Å²) >= 11 is 12.4. The van der Waals surface area contributed by atoms with Gasteiger partial charge in [-0.1, -0.05) is 23.2 Å². The van der Waals surface area contributed by atoms with Crippen LogP contribution in [0.2, 0.25) is 10.0 Å². The molecule has 1 unspecified atom stereocenters. The number of β-amino-alcohol motifs (C(OH)–C–C–N with tert-alkyl or cyclic N) is 1. The van der Waals surface area contributed by atoms with Crippen LogP contribution in [-0.4, -0.2) is 53.5 Å². The first kappa shape index (κ1) is 17.1. The zero-order valence-corrected chi connectivity index (χ0v) is 15.3. The first-order valence-electron chi connectivity index (χ1n) is 8.47. The van der Waals surface area contributed by atoms with Crippen LogP contribution in [-0.2, 0) is 11.3 Å². The van der Waals surface area contributed by atoms with Crippen molar-refractivity contribution >= 4 is 45.0 Å². The van der Waals surface area contributed by atoms with Crippen molar-refractivity contribution in [1.29, 1.82) is 0 Å². The van der Waals surface area contributed by atoms with E-state index in [0.717, 1.165) is 48.1 Å². The zero-order valence-electron chi connectivity index (χ0n) is 13.8. The standard InChI is InChI=1S/C19H20Cl2N2O2/c20-13-1-3-18-16(9-13)17-10-14(21)2-4-19(17)23(18)12-15(24)11-22-5-7-25-8-6-22/h1-4,9-10,15,24H,5-8,11-12H2. The molecular weight excluding hydrogens is 359 g/mol. The van der Waals surface area contributed by atoms with Crippen molar-refractivity contribution in [2.24, 2.45) is 0 Å². The topological polar surface area (TPSA) is 37.6 Å². The van der Waals surface area contributed by atoms with E-state index in [1.165, 1.54) is 0 Å². The summed E-state index contributed by atoms with van der Waals surface area (Å²) in [4.78, 5) is 2.25. The first-order valence-corrected chi connectivity index (χ1v) is 9.22. The minimum Gasteiger partial charge on any atom is -0.390 e. The van der Waals surface area contributed by atoms with Crippen molar-refractivity contribution < 1.29 is 9.84 Å². The van der Waals surface area contributed by atoms with Crippen molar-refractivity contribution in [3.63, 3.8) is 0 Å². The lowest BCUT2D eigenvalue weighted by atomic mass is 10.1. The number of nitrogens with zero attached hydrogens (tertiary/aromatic N) is 2. The lowest BCUT2D eigenvalue weighted by molar-refractivity contribution is 0.0119. The molecule has 0 saturated carbocycles. The molecule has 1 atom stereocenters. The SMILES string of the molecule is OC(CN1CCOCC1)Cn1c2ccc(Cl)cc2c2cc(Cl)ccc21. The van der Waals surface area contributed by atoms with Crippen LogP contribution >= 0.6 is 23.2 Å². The van der Waals surface area contributed by atoms with Gasteiger partial charge in [0, 0.05) is 51.5 Å². The average Bonchev–Trinajstić information content (AvgIpc) is 2.88. The smallest absolute Gasteiger partial charge is 0.0846 e. The summed E-state index contributed by atoms with van der Waals surface area (Å²) < 4.78 is 7.53. The van der Waals surface area contributed by atoms with Crippen LogP contribution in [0.1, 0.15) is 0 Å². The molecule has 1 saturated heterocycles. The molecule has 6 heteroatoms. The molecule has 1 aliphatic rings. The molecule has 3 aromatic rings. The summed E-state index contributed by atoms with van der Waals surface area (Å²) in [6, 6.07) is 11.7. The minimum atomic E-state index is -0.455. The third-order valence-electron chi connectivity index (χ3n) is 4.75. The number of halogens is 2. The number of rotatable bonds is 4. The summed E-state index contributed by atoms with van der Waals surface area (Å²) in [5, 5.41) is 14.2. The molecule has 4 nitrogen and oxygen atoms in total. The number of hydrogen-bond acceptors (Lipinski definition) is 3. The van der Waals surface area contributed by atoms with Crippen LogP contribution in [0.4, 0.5) is 0 Å². The largest absolute Gasteiger partial charge is 0.390 e. The Morgan fingerprint density at radius 1 is 0.920 bits per heavy atom. The van der Waals surface area contributed by atoms with Gasteiger partial charge in [-0.25, -0.2) is 0 Å². The van der Waals surface area contributed by atoms with E-state index in [0.29, 0.717) is 23.1 Å². The van der Waals surface area contributed by atoms with Gasteiger partial charge >= 0.3 is 0 Å². The van der Waals surface area contributed by atoms with Gasteiger partial charge in [0.05, 0.1) is 25.9 Å². The molecule has 1 fully saturated rings. The van der Waals surface area contributed by atoms with Gasteiger partial charge in [0.15, 0.2) is 0 Å². The fourth-order valence-electron chi connectivity index (χ4n) is 3.60. The Morgan fingerprint density at radius 2 is 1.48 bits per heavy atom. The molecule has 0 spiro atoms. The van der Waals surface area contributed by atoms with Crippen LogP contribution in [0.25, 0.3) is 21.8 Å². The van der Waals surface area contributed by atoms with E-state index in [9.17, 15) is 5.11 Å². The Bertz CT molecular complexity index is 844. The molecule has 0 aliphatic carbocycles. The predicted molar refractivity (Wildman–Crippen MR) is 103 cm³/mol. The highest BCUT2D eigenvalue weighted by atomic mass is 35.5. The molecule has 1 N–H and O–H groups in total. The van der Waals surface area contributed by atoms with Gasteiger partial charge in [-0.15, -0.1) is 0 Å². The molecule has 1 aliphatic heterocycles. The summed E-state index contributed by atoms with van der Waals surface area (Å²) in [7, 11) is 0. The van der Waals surface area contributed by atoms with Crippen molar-refractivity contribution in [3.05, 3.63) is 46.4 Å². The molecule has 0 amide bonds. The Morgan fingerprint density at radius 3 is 2.04 bits per heavy atom. The number of aromatic nitrogens is 1. The van der Waals surface area contributed by atoms with E-state index in [1.54, 1.807) is 0 Å². The molecule has 2 aromatic carbocycles. The van der Waals surface area contributed by atoms with Crippen molar-refractivity contribution in [2.45, 2.75) is 12.6 Å². The molecule has 4 rings (SSSR count). The van der Waals surface area contributed by atoms with Crippen LogP contribution in [0.15, 0.2) is 36.4 Å². The summed E-state index contributed by atoms with van der Waals surface area (Å²) in [5.41, 5.74) is 2.12. The number of aliphatic hydroxyl groups excluding tert-OH is 1. The van der Waals surface area contributed by atoms with E-state index in [4.69, 9.17) is 27.9 Å². The third kappa shape index (κ3) is 3.50. The van der Waals surface area contributed by atoms with E-state index < -0.39 is 6.10 Å². The number of fused-ring (bicyclic) bond motifs is 3. The first-order chi connectivity index (χ1) is 12.1. The second kappa shape index (κ2) is 7.14. The highest BCUT2D eigenvalue weighted by Crippen LogP contribution is 2.33. The van der Waals surface area contributed by atoms with Crippen molar-refractivity contribution in [2.75, 3.05) is 32.8 Å². The maximum Gasteiger partial charge on any atom is 0.0846 e. The molecule has 0 bridgehead atoms. The number of ether oxygens (including phenoxy) is 1. The van der Waals surface area contributed by atoms with Crippen molar-refractivity contribution in [1.82, 2.24) is 9.47 Å². The van der Waals surface area contributed by atoms with Gasteiger partial charge < -0.3 is 14.4 Å². The molecule has 0 radical (unpaired) electrons. The Labute approximate surface area is 156 Å². The maximum atomic E-state index is 10.6. The van der Waals surface area contributed by atoms with Gasteiger partial charge in [0.1, 0.15) is 0 Å². The lowest BCUT2D eigenvalue weighted by Crippen LogP contribution is -2.42. The van der Waals surface area contributed by atoms with E-state index in [-0.39, 0.29) is 0 Å². The summed E-state index contributed by atoms with van der Waals surface area (Å²) in [5.74, 6) is 0. The predicted octanol–water partition coefficient (Wildman–Crippen LogP) is 3.79. The summed E-state index contributed by atoms with van der Waals surface area (Å²) in [6.45, 7) is 4.38. The number of morpholine rings is 1. The normalized spacial score (nSPS) is 17.4. The quantitative estimate of drug-likeness (QED) is 0.750. The van der Waals surface area contributed by atoms with Crippen LogP contribution < -0.4 is 0 Å². The van der Waals surface area contributed by atoms with Crippen LogP contribution in [0.3, 0.4) is 0 Å².